The highest BCUT2D eigenvalue weighted by Gasteiger charge is 2.06. The maximum atomic E-state index is 6.05. The molecule has 0 amide bonds. The molecule has 2 N–H and O–H groups in total. The van der Waals surface area contributed by atoms with Crippen molar-refractivity contribution in [3.63, 3.8) is 0 Å². The molecule has 0 aliphatic heterocycles. The van der Waals surface area contributed by atoms with E-state index >= 15 is 0 Å². The molecule has 0 saturated heterocycles. The van der Waals surface area contributed by atoms with Crippen molar-refractivity contribution < 1.29 is 4.74 Å². The summed E-state index contributed by atoms with van der Waals surface area (Å²) < 4.78 is 7.40. The van der Waals surface area contributed by atoms with Crippen LogP contribution in [-0.4, -0.2) is 14.8 Å². The highest BCUT2D eigenvalue weighted by atomic mass is 35.5. The Morgan fingerprint density at radius 1 is 1.50 bits per heavy atom. The van der Waals surface area contributed by atoms with Crippen LogP contribution in [0.1, 0.15) is 12.5 Å². The topological polar surface area (TPSA) is 53.1 Å². The fourth-order valence-electron chi connectivity index (χ4n) is 1.47. The fraction of sp³-hybridized carbons (Fsp3) is 0.167. The van der Waals surface area contributed by atoms with Gasteiger partial charge in [-0.1, -0.05) is 23.8 Å². The Labute approximate surface area is 115 Å². The highest BCUT2D eigenvalue weighted by molar-refractivity contribution is 7.80. The molecule has 0 aliphatic carbocycles. The summed E-state index contributed by atoms with van der Waals surface area (Å²) in [6, 6.07) is 5.19. The molecule has 0 bridgehead atoms. The summed E-state index contributed by atoms with van der Waals surface area (Å²) in [6.07, 6.45) is 3.47. The van der Waals surface area contributed by atoms with Crippen LogP contribution < -0.4 is 10.5 Å². The number of hydrogen-bond acceptors (Lipinski definition) is 3. The molecule has 1 heterocycles. The van der Waals surface area contributed by atoms with Crippen LogP contribution in [0.25, 0.3) is 0 Å². The first kappa shape index (κ1) is 12.9. The van der Waals surface area contributed by atoms with E-state index in [2.05, 4.69) is 5.10 Å². The molecule has 1 aromatic heterocycles. The molecule has 0 spiro atoms. The van der Waals surface area contributed by atoms with Gasteiger partial charge >= 0.3 is 0 Å². The number of rotatable bonds is 4. The van der Waals surface area contributed by atoms with E-state index in [4.69, 9.17) is 34.3 Å². The molecule has 6 heteroatoms. The summed E-state index contributed by atoms with van der Waals surface area (Å²) in [5.74, 6) is 1.28. The van der Waals surface area contributed by atoms with Crippen LogP contribution in [-0.2, 0) is 6.54 Å². The normalized spacial score (nSPS) is 10.3. The molecule has 2 aromatic rings. The maximum Gasteiger partial charge on any atom is 0.165 e. The van der Waals surface area contributed by atoms with Gasteiger partial charge in [-0.2, -0.15) is 5.10 Å². The molecule has 18 heavy (non-hydrogen) atoms. The summed E-state index contributed by atoms with van der Waals surface area (Å²) in [5, 5.41) is 4.59. The predicted octanol–water partition coefficient (Wildman–Crippen LogP) is 2.98. The van der Waals surface area contributed by atoms with Crippen LogP contribution >= 0.6 is 23.8 Å². The minimum absolute atomic E-state index is 0.269. The first-order valence-corrected chi connectivity index (χ1v) is 6.18. The first-order valence-electron chi connectivity index (χ1n) is 5.40. The molecule has 0 unspecified atom stereocenters. The minimum Gasteiger partial charge on any atom is -0.454 e. The number of benzene rings is 1. The third-order valence-electron chi connectivity index (χ3n) is 2.38. The number of thiocarbonyl (C=S) groups is 1. The Morgan fingerprint density at radius 2 is 2.28 bits per heavy atom. The fourth-order valence-corrected chi connectivity index (χ4v) is 1.97. The van der Waals surface area contributed by atoms with Gasteiger partial charge in [-0.15, -0.1) is 0 Å². The van der Waals surface area contributed by atoms with Crippen LogP contribution in [0.2, 0.25) is 5.02 Å². The number of nitrogens with zero attached hydrogens (tertiary/aromatic N) is 2. The van der Waals surface area contributed by atoms with E-state index in [-0.39, 0.29) is 4.99 Å². The zero-order valence-corrected chi connectivity index (χ0v) is 11.3. The van der Waals surface area contributed by atoms with E-state index in [1.54, 1.807) is 29.1 Å². The molecule has 0 saturated carbocycles. The third-order valence-corrected chi connectivity index (χ3v) is 2.91. The van der Waals surface area contributed by atoms with Crippen molar-refractivity contribution in [2.75, 3.05) is 0 Å². The van der Waals surface area contributed by atoms with Crippen molar-refractivity contribution >= 4 is 28.8 Å². The largest absolute Gasteiger partial charge is 0.454 e. The average molecular weight is 282 g/mol. The molecule has 1 aromatic carbocycles. The number of halogens is 1. The summed E-state index contributed by atoms with van der Waals surface area (Å²) in [6.45, 7) is 2.80. The highest BCUT2D eigenvalue weighted by Crippen LogP contribution is 2.26. The molecular weight excluding hydrogens is 270 g/mol. The van der Waals surface area contributed by atoms with E-state index < -0.39 is 0 Å². The standard InChI is InChI=1S/C12H12ClN3OS/c1-2-16-7-9(6-15-16)17-8-3-4-10(12(14)18)11(13)5-8/h3-7H,2H2,1H3,(H2,14,18). The predicted molar refractivity (Wildman–Crippen MR) is 75.3 cm³/mol. The molecule has 0 radical (unpaired) electrons. The summed E-state index contributed by atoms with van der Waals surface area (Å²) in [4.78, 5) is 0.269. The van der Waals surface area contributed by atoms with Gasteiger partial charge in [-0.3, -0.25) is 4.68 Å². The second-order valence-electron chi connectivity index (χ2n) is 3.64. The summed E-state index contributed by atoms with van der Waals surface area (Å²) in [7, 11) is 0. The molecule has 2 rings (SSSR count). The lowest BCUT2D eigenvalue weighted by molar-refractivity contribution is 0.481. The van der Waals surface area contributed by atoms with Gasteiger partial charge in [-0.25, -0.2) is 0 Å². The number of aromatic nitrogens is 2. The lowest BCUT2D eigenvalue weighted by Gasteiger charge is -2.06. The van der Waals surface area contributed by atoms with E-state index in [0.29, 0.717) is 22.1 Å². The van der Waals surface area contributed by atoms with Gasteiger partial charge in [0.1, 0.15) is 10.7 Å². The van der Waals surface area contributed by atoms with Crippen LogP contribution in [0.15, 0.2) is 30.6 Å². The molecule has 0 atom stereocenters. The van der Waals surface area contributed by atoms with Crippen LogP contribution in [0.4, 0.5) is 0 Å². The average Bonchev–Trinajstić information content (AvgIpc) is 2.76. The molecule has 0 fully saturated rings. The van der Waals surface area contributed by atoms with Gasteiger partial charge in [-0.05, 0) is 19.1 Å². The number of aryl methyl sites for hydroxylation is 1. The van der Waals surface area contributed by atoms with Gasteiger partial charge in [0, 0.05) is 18.2 Å². The van der Waals surface area contributed by atoms with Crippen LogP contribution in [0.5, 0.6) is 11.5 Å². The van der Waals surface area contributed by atoms with E-state index in [1.165, 1.54) is 0 Å². The summed E-state index contributed by atoms with van der Waals surface area (Å²) in [5.41, 5.74) is 6.17. The van der Waals surface area contributed by atoms with Gasteiger partial charge < -0.3 is 10.5 Å². The Morgan fingerprint density at radius 3 is 2.83 bits per heavy atom. The molecule has 4 nitrogen and oxygen atoms in total. The Kier molecular flexibility index (Phi) is 3.84. The van der Waals surface area contributed by atoms with Gasteiger partial charge in [0.15, 0.2) is 5.75 Å². The van der Waals surface area contributed by atoms with Crippen molar-refractivity contribution in [2.24, 2.45) is 5.73 Å². The van der Waals surface area contributed by atoms with Crippen LogP contribution in [0, 0.1) is 0 Å². The van der Waals surface area contributed by atoms with Gasteiger partial charge in [0.2, 0.25) is 0 Å². The quantitative estimate of drug-likeness (QED) is 0.876. The van der Waals surface area contributed by atoms with E-state index in [0.717, 1.165) is 6.54 Å². The third kappa shape index (κ3) is 2.80. The van der Waals surface area contributed by atoms with E-state index in [9.17, 15) is 0 Å². The lowest BCUT2D eigenvalue weighted by Crippen LogP contribution is -2.09. The smallest absolute Gasteiger partial charge is 0.165 e. The Balaban J connectivity index is 2.19. The summed E-state index contributed by atoms with van der Waals surface area (Å²) >= 11 is 10.9. The zero-order valence-electron chi connectivity index (χ0n) is 9.76. The van der Waals surface area contributed by atoms with E-state index in [1.807, 2.05) is 13.1 Å². The second-order valence-corrected chi connectivity index (χ2v) is 4.49. The molecular formula is C12H12ClN3OS. The van der Waals surface area contributed by atoms with Crippen molar-refractivity contribution in [1.29, 1.82) is 0 Å². The van der Waals surface area contributed by atoms with Crippen molar-refractivity contribution in [3.8, 4) is 11.5 Å². The molecule has 94 valence electrons. The van der Waals surface area contributed by atoms with Crippen LogP contribution in [0.3, 0.4) is 0 Å². The van der Waals surface area contributed by atoms with Gasteiger partial charge in [0.05, 0.1) is 17.4 Å². The minimum atomic E-state index is 0.269. The Bertz CT molecular complexity index is 582. The molecule has 0 aliphatic rings. The van der Waals surface area contributed by atoms with Crippen molar-refractivity contribution in [3.05, 3.63) is 41.2 Å². The zero-order chi connectivity index (χ0) is 13.1. The lowest BCUT2D eigenvalue weighted by atomic mass is 10.2. The van der Waals surface area contributed by atoms with Gasteiger partial charge in [0.25, 0.3) is 0 Å². The SMILES string of the molecule is CCn1cc(Oc2ccc(C(N)=S)c(Cl)c2)cn1. The maximum absolute atomic E-state index is 6.05. The number of ether oxygens (including phenoxy) is 1. The second kappa shape index (κ2) is 5.37. The Hall–Kier alpha value is -1.59. The van der Waals surface area contributed by atoms with Crippen molar-refractivity contribution in [2.45, 2.75) is 13.5 Å². The first-order chi connectivity index (χ1) is 8.60. The number of nitrogens with two attached hydrogens (primary N) is 1. The number of hydrogen-bond donors (Lipinski definition) is 1. The van der Waals surface area contributed by atoms with Crippen molar-refractivity contribution in [1.82, 2.24) is 9.78 Å². The monoisotopic (exact) mass is 281 g/mol.